The Morgan fingerprint density at radius 2 is 2.08 bits per heavy atom. The van der Waals surface area contributed by atoms with Crippen molar-refractivity contribution in [2.75, 3.05) is 20.3 Å². The van der Waals surface area contributed by atoms with Gasteiger partial charge in [0.25, 0.3) is 0 Å². The molecule has 0 saturated carbocycles. The smallest absolute Gasteiger partial charge is 0.0667 e. The zero-order chi connectivity index (χ0) is 9.40. The summed E-state index contributed by atoms with van der Waals surface area (Å²) >= 11 is 0. The van der Waals surface area contributed by atoms with Gasteiger partial charge in [-0.05, 0) is 26.7 Å². The Labute approximate surface area is 75.1 Å². The van der Waals surface area contributed by atoms with Gasteiger partial charge < -0.3 is 15.2 Å². The molecule has 0 aromatic rings. The van der Waals surface area contributed by atoms with Crippen LogP contribution in [0.15, 0.2) is 0 Å². The van der Waals surface area contributed by atoms with Gasteiger partial charge in [0.15, 0.2) is 0 Å². The second kappa shape index (κ2) is 7.53. The second-order valence-corrected chi connectivity index (χ2v) is 3.22. The van der Waals surface area contributed by atoms with Crippen LogP contribution in [-0.2, 0) is 4.74 Å². The van der Waals surface area contributed by atoms with Crippen molar-refractivity contribution in [2.24, 2.45) is 0 Å². The van der Waals surface area contributed by atoms with E-state index in [-0.39, 0.29) is 12.7 Å². The van der Waals surface area contributed by atoms with E-state index in [1.165, 1.54) is 0 Å². The first-order chi connectivity index (χ1) is 5.70. The van der Waals surface area contributed by atoms with Crippen LogP contribution in [0, 0.1) is 0 Å². The molecular formula is C9H21NO2. The molecule has 0 saturated heterocycles. The fourth-order valence-corrected chi connectivity index (χ4v) is 0.950. The molecule has 0 aliphatic carbocycles. The Kier molecular flexibility index (Phi) is 7.45. The van der Waals surface area contributed by atoms with Gasteiger partial charge >= 0.3 is 0 Å². The van der Waals surface area contributed by atoms with Gasteiger partial charge in [0.2, 0.25) is 0 Å². The molecule has 0 spiro atoms. The van der Waals surface area contributed by atoms with E-state index >= 15 is 0 Å². The van der Waals surface area contributed by atoms with E-state index in [2.05, 4.69) is 12.2 Å². The van der Waals surface area contributed by atoms with Crippen LogP contribution in [0.5, 0.6) is 0 Å². The van der Waals surface area contributed by atoms with E-state index in [0.29, 0.717) is 6.04 Å². The van der Waals surface area contributed by atoms with E-state index in [4.69, 9.17) is 9.84 Å². The molecular weight excluding hydrogens is 154 g/mol. The summed E-state index contributed by atoms with van der Waals surface area (Å²) in [5, 5.41) is 11.9. The number of aliphatic hydroxyl groups is 1. The van der Waals surface area contributed by atoms with Crippen molar-refractivity contribution in [1.82, 2.24) is 5.32 Å². The highest BCUT2D eigenvalue weighted by molar-refractivity contribution is 4.62. The lowest BCUT2D eigenvalue weighted by molar-refractivity contribution is 0.114. The number of hydrogen-bond donors (Lipinski definition) is 2. The number of ether oxygens (including phenoxy) is 1. The lowest BCUT2D eigenvalue weighted by Crippen LogP contribution is -2.33. The predicted octanol–water partition coefficient (Wildman–Crippen LogP) is 0.772. The summed E-state index contributed by atoms with van der Waals surface area (Å²) in [7, 11) is 1.71. The van der Waals surface area contributed by atoms with Gasteiger partial charge in [-0.1, -0.05) is 0 Å². The van der Waals surface area contributed by atoms with Crippen molar-refractivity contribution in [2.45, 2.75) is 38.8 Å². The van der Waals surface area contributed by atoms with Crippen LogP contribution in [0.1, 0.15) is 26.7 Å². The lowest BCUT2D eigenvalue weighted by Gasteiger charge is -2.16. The van der Waals surface area contributed by atoms with Crippen LogP contribution in [0.2, 0.25) is 0 Å². The molecule has 12 heavy (non-hydrogen) atoms. The maximum atomic E-state index is 8.59. The Balaban J connectivity index is 3.24. The largest absolute Gasteiger partial charge is 0.396 e. The fraction of sp³-hybridized carbons (Fsp3) is 1.00. The van der Waals surface area contributed by atoms with Crippen molar-refractivity contribution in [3.05, 3.63) is 0 Å². The average molecular weight is 175 g/mol. The van der Waals surface area contributed by atoms with Crippen molar-refractivity contribution >= 4 is 0 Å². The average Bonchev–Trinajstić information content (AvgIpc) is 2.10. The van der Waals surface area contributed by atoms with Crippen molar-refractivity contribution in [3.8, 4) is 0 Å². The van der Waals surface area contributed by atoms with E-state index in [0.717, 1.165) is 19.4 Å². The van der Waals surface area contributed by atoms with Crippen LogP contribution in [0.3, 0.4) is 0 Å². The summed E-state index contributed by atoms with van der Waals surface area (Å²) in [6.45, 7) is 5.32. The van der Waals surface area contributed by atoms with Crippen LogP contribution < -0.4 is 5.32 Å². The summed E-state index contributed by atoms with van der Waals surface area (Å²) in [6, 6.07) is 0.467. The van der Waals surface area contributed by atoms with Crippen LogP contribution in [0.4, 0.5) is 0 Å². The molecule has 0 aliphatic heterocycles. The van der Waals surface area contributed by atoms with Crippen molar-refractivity contribution in [3.63, 3.8) is 0 Å². The highest BCUT2D eigenvalue weighted by atomic mass is 16.5. The van der Waals surface area contributed by atoms with Crippen LogP contribution in [0.25, 0.3) is 0 Å². The van der Waals surface area contributed by atoms with Crippen molar-refractivity contribution in [1.29, 1.82) is 0 Å². The molecule has 3 heteroatoms. The SMILES string of the molecule is COC(C)CNC(C)CCCO. The third kappa shape index (κ3) is 6.58. The topological polar surface area (TPSA) is 41.5 Å². The van der Waals surface area contributed by atoms with Crippen molar-refractivity contribution < 1.29 is 9.84 Å². The van der Waals surface area contributed by atoms with E-state index in [1.807, 2.05) is 6.92 Å². The summed E-state index contributed by atoms with van der Waals surface area (Å²) < 4.78 is 5.09. The quantitative estimate of drug-likeness (QED) is 0.600. The summed E-state index contributed by atoms with van der Waals surface area (Å²) in [5.41, 5.74) is 0. The van der Waals surface area contributed by atoms with Gasteiger partial charge in [-0.25, -0.2) is 0 Å². The monoisotopic (exact) mass is 175 g/mol. The molecule has 0 rings (SSSR count). The molecule has 3 nitrogen and oxygen atoms in total. The van der Waals surface area contributed by atoms with Gasteiger partial charge in [-0.15, -0.1) is 0 Å². The maximum absolute atomic E-state index is 8.59. The van der Waals surface area contributed by atoms with Gasteiger partial charge in [0, 0.05) is 26.3 Å². The summed E-state index contributed by atoms with van der Waals surface area (Å²) in [4.78, 5) is 0. The Bertz CT molecular complexity index is 98.5. The van der Waals surface area contributed by atoms with Gasteiger partial charge in [0.1, 0.15) is 0 Å². The van der Waals surface area contributed by atoms with E-state index in [1.54, 1.807) is 7.11 Å². The highest BCUT2D eigenvalue weighted by Crippen LogP contribution is 1.95. The normalized spacial score (nSPS) is 16.0. The molecule has 2 unspecified atom stereocenters. The summed E-state index contributed by atoms with van der Waals surface area (Å²) in [5.74, 6) is 0. The molecule has 0 radical (unpaired) electrons. The highest BCUT2D eigenvalue weighted by Gasteiger charge is 2.03. The Morgan fingerprint density at radius 1 is 1.42 bits per heavy atom. The standard InChI is InChI=1S/C9H21NO2/c1-8(5-4-6-11)10-7-9(2)12-3/h8-11H,4-7H2,1-3H3. The van der Waals surface area contributed by atoms with Crippen LogP contribution >= 0.6 is 0 Å². The summed E-state index contributed by atoms with van der Waals surface area (Å²) in [6.07, 6.45) is 2.16. The van der Waals surface area contributed by atoms with E-state index < -0.39 is 0 Å². The number of hydrogen-bond acceptors (Lipinski definition) is 3. The molecule has 0 aromatic carbocycles. The minimum absolute atomic E-state index is 0.265. The van der Waals surface area contributed by atoms with Gasteiger partial charge in [-0.2, -0.15) is 0 Å². The first kappa shape index (κ1) is 11.9. The van der Waals surface area contributed by atoms with E-state index in [9.17, 15) is 0 Å². The number of rotatable bonds is 7. The fourth-order valence-electron chi connectivity index (χ4n) is 0.950. The molecule has 2 atom stereocenters. The molecule has 0 aliphatic rings. The molecule has 2 N–H and O–H groups in total. The lowest BCUT2D eigenvalue weighted by atomic mass is 10.2. The Morgan fingerprint density at radius 3 is 2.58 bits per heavy atom. The zero-order valence-corrected chi connectivity index (χ0v) is 8.34. The molecule has 0 bridgehead atoms. The van der Waals surface area contributed by atoms with Gasteiger partial charge in [-0.3, -0.25) is 0 Å². The number of methoxy groups -OCH3 is 1. The minimum atomic E-state index is 0.265. The third-order valence-corrected chi connectivity index (χ3v) is 1.95. The molecule has 0 fully saturated rings. The number of nitrogens with one attached hydrogen (secondary N) is 1. The third-order valence-electron chi connectivity index (χ3n) is 1.95. The molecule has 0 heterocycles. The molecule has 0 amide bonds. The first-order valence-corrected chi connectivity index (χ1v) is 4.57. The number of aliphatic hydroxyl groups excluding tert-OH is 1. The molecule has 0 aromatic heterocycles. The predicted molar refractivity (Wildman–Crippen MR) is 50.3 cm³/mol. The first-order valence-electron chi connectivity index (χ1n) is 4.57. The Hall–Kier alpha value is -0.120. The van der Waals surface area contributed by atoms with Crippen LogP contribution in [-0.4, -0.2) is 37.5 Å². The minimum Gasteiger partial charge on any atom is -0.396 e. The maximum Gasteiger partial charge on any atom is 0.0667 e. The molecule has 74 valence electrons. The van der Waals surface area contributed by atoms with Gasteiger partial charge in [0.05, 0.1) is 6.10 Å². The zero-order valence-electron chi connectivity index (χ0n) is 8.34. The second-order valence-electron chi connectivity index (χ2n) is 3.22.